The molecule has 180 valence electrons. The van der Waals surface area contributed by atoms with Crippen LogP contribution in [0.25, 0.3) is 6.08 Å². The average molecular weight is 538 g/mol. The Bertz CT molecular complexity index is 1330. The SMILES string of the molecule is N#CC1(C#N)[C@H](c2cccc(Br)c2)[C@H](C(=O)C23CC4CC(CC(C4)C2)C3)N2c3ccccc3C=C[C@@H]21. The maximum Gasteiger partial charge on any atom is 0.176 e. The molecule has 4 nitrogen and oxygen atoms in total. The third kappa shape index (κ3) is 2.93. The van der Waals surface area contributed by atoms with Crippen molar-refractivity contribution in [3.8, 4) is 12.1 Å². The van der Waals surface area contributed by atoms with E-state index in [1.807, 2.05) is 48.6 Å². The van der Waals surface area contributed by atoms with Gasteiger partial charge >= 0.3 is 0 Å². The Labute approximate surface area is 220 Å². The number of hydrogen-bond donors (Lipinski definition) is 0. The Morgan fingerprint density at radius 1 is 0.944 bits per heavy atom. The summed E-state index contributed by atoms with van der Waals surface area (Å²) < 4.78 is 0.895. The van der Waals surface area contributed by atoms with Crippen molar-refractivity contribution in [3.05, 3.63) is 70.2 Å². The molecule has 36 heavy (non-hydrogen) atoms. The van der Waals surface area contributed by atoms with Gasteiger partial charge in [0.15, 0.2) is 11.2 Å². The summed E-state index contributed by atoms with van der Waals surface area (Å²) in [6.07, 6.45) is 10.7. The Morgan fingerprint density at radius 3 is 2.25 bits per heavy atom. The number of carbonyl (C=O) groups excluding carboxylic acids is 1. The van der Waals surface area contributed by atoms with Crippen LogP contribution >= 0.6 is 15.9 Å². The van der Waals surface area contributed by atoms with Gasteiger partial charge in [-0.1, -0.05) is 58.4 Å². The van der Waals surface area contributed by atoms with E-state index >= 15 is 4.79 Å². The fourth-order valence-electron chi connectivity index (χ4n) is 9.03. The number of hydrogen-bond acceptors (Lipinski definition) is 4. The Morgan fingerprint density at radius 2 is 1.61 bits per heavy atom. The molecular weight excluding hydrogens is 510 g/mol. The zero-order valence-corrected chi connectivity index (χ0v) is 21.7. The number of nitrogens with zero attached hydrogens (tertiary/aromatic N) is 3. The van der Waals surface area contributed by atoms with Crippen LogP contribution < -0.4 is 4.90 Å². The number of para-hydroxylation sites is 1. The van der Waals surface area contributed by atoms with E-state index < -0.39 is 23.4 Å². The van der Waals surface area contributed by atoms with E-state index in [2.05, 4.69) is 45.1 Å². The third-order valence-electron chi connectivity index (χ3n) is 9.95. The van der Waals surface area contributed by atoms with E-state index in [0.29, 0.717) is 17.8 Å². The zero-order valence-electron chi connectivity index (χ0n) is 20.1. The van der Waals surface area contributed by atoms with Crippen molar-refractivity contribution in [1.82, 2.24) is 0 Å². The van der Waals surface area contributed by atoms with Crippen molar-refractivity contribution >= 4 is 33.5 Å². The molecule has 0 spiro atoms. The van der Waals surface area contributed by atoms with Crippen LogP contribution in [0.3, 0.4) is 0 Å². The van der Waals surface area contributed by atoms with Crippen molar-refractivity contribution < 1.29 is 4.79 Å². The highest BCUT2D eigenvalue weighted by Gasteiger charge is 2.66. The van der Waals surface area contributed by atoms with Gasteiger partial charge in [-0.15, -0.1) is 0 Å². The first-order chi connectivity index (χ1) is 17.5. The number of anilines is 1. The molecule has 0 N–H and O–H groups in total. The van der Waals surface area contributed by atoms with Gasteiger partial charge in [0.2, 0.25) is 0 Å². The highest BCUT2D eigenvalue weighted by molar-refractivity contribution is 9.10. The second-order valence-corrected chi connectivity index (χ2v) is 12.8. The van der Waals surface area contributed by atoms with Crippen molar-refractivity contribution in [2.45, 2.75) is 56.5 Å². The van der Waals surface area contributed by atoms with Gasteiger partial charge in [-0.2, -0.15) is 10.5 Å². The molecule has 5 fully saturated rings. The van der Waals surface area contributed by atoms with Gasteiger partial charge in [0.1, 0.15) is 0 Å². The highest BCUT2D eigenvalue weighted by atomic mass is 79.9. The topological polar surface area (TPSA) is 67.9 Å². The number of benzene rings is 2. The normalized spacial score (nSPS) is 36.6. The molecule has 4 aliphatic carbocycles. The molecule has 0 amide bonds. The molecule has 8 rings (SSSR count). The molecule has 0 unspecified atom stereocenters. The first-order valence-electron chi connectivity index (χ1n) is 13.2. The Hall–Kier alpha value is -2.89. The predicted octanol–water partition coefficient (Wildman–Crippen LogP) is 6.64. The largest absolute Gasteiger partial charge is 0.351 e. The van der Waals surface area contributed by atoms with Crippen molar-refractivity contribution in [2.75, 3.05) is 4.90 Å². The lowest BCUT2D eigenvalue weighted by atomic mass is 9.47. The molecule has 6 aliphatic rings. The van der Waals surface area contributed by atoms with Gasteiger partial charge in [-0.25, -0.2) is 0 Å². The molecule has 0 radical (unpaired) electrons. The number of carbonyl (C=O) groups is 1. The van der Waals surface area contributed by atoms with Crippen LogP contribution in [-0.4, -0.2) is 17.9 Å². The Kier molecular flexibility index (Phi) is 4.84. The second-order valence-electron chi connectivity index (χ2n) is 11.9. The van der Waals surface area contributed by atoms with Crippen molar-refractivity contribution in [3.63, 3.8) is 0 Å². The summed E-state index contributed by atoms with van der Waals surface area (Å²) >= 11 is 3.60. The number of rotatable bonds is 3. The van der Waals surface area contributed by atoms with E-state index in [1.54, 1.807) is 0 Å². The molecule has 2 aromatic rings. The fourth-order valence-corrected chi connectivity index (χ4v) is 9.45. The first kappa shape index (κ1) is 22.3. The minimum Gasteiger partial charge on any atom is -0.351 e. The van der Waals surface area contributed by atoms with E-state index in [1.165, 1.54) is 19.3 Å². The summed E-state index contributed by atoms with van der Waals surface area (Å²) in [6, 6.07) is 19.9. The van der Waals surface area contributed by atoms with Crippen molar-refractivity contribution in [2.24, 2.45) is 28.6 Å². The highest BCUT2D eigenvalue weighted by Crippen LogP contribution is 2.63. The fraction of sp³-hybridized carbons (Fsp3) is 0.452. The maximum absolute atomic E-state index is 15.1. The number of nitriles is 2. The van der Waals surface area contributed by atoms with Gasteiger partial charge in [0.05, 0.1) is 24.2 Å². The smallest absolute Gasteiger partial charge is 0.176 e. The summed E-state index contributed by atoms with van der Waals surface area (Å²) in [6.45, 7) is 0. The predicted molar refractivity (Wildman–Crippen MR) is 142 cm³/mol. The minimum atomic E-state index is -1.37. The molecule has 2 aliphatic heterocycles. The molecule has 0 aromatic heterocycles. The molecule has 5 heteroatoms. The van der Waals surface area contributed by atoms with Gasteiger partial charge in [0.25, 0.3) is 0 Å². The zero-order chi connectivity index (χ0) is 24.7. The standard InChI is InChI=1S/C31H28BrN3O/c32-24-6-3-5-23(13-24)27-28(29(36)30-14-19-10-20(15-30)12-21(11-19)16-30)35-25-7-2-1-4-22(25)8-9-26(35)31(27,17-33)18-34/h1-9,13,19-21,26-28H,10-12,14-16H2/t19?,20?,21?,26-,27-,28-,30?/m1/s1. The summed E-state index contributed by atoms with van der Waals surface area (Å²) in [5.74, 6) is 1.67. The van der Waals surface area contributed by atoms with Crippen LogP contribution in [-0.2, 0) is 4.79 Å². The molecule has 3 atom stereocenters. The van der Waals surface area contributed by atoms with Crippen LogP contribution in [0.5, 0.6) is 0 Å². The van der Waals surface area contributed by atoms with Gasteiger partial charge in [-0.3, -0.25) is 4.79 Å². The molecular formula is C31H28BrN3O. The first-order valence-corrected chi connectivity index (χ1v) is 14.0. The molecule has 4 bridgehead atoms. The lowest BCUT2D eigenvalue weighted by Gasteiger charge is -2.57. The van der Waals surface area contributed by atoms with E-state index in [9.17, 15) is 10.5 Å². The summed E-state index contributed by atoms with van der Waals surface area (Å²) in [7, 11) is 0. The summed E-state index contributed by atoms with van der Waals surface area (Å²) in [5.41, 5.74) is 1.19. The number of halogens is 1. The van der Waals surface area contributed by atoms with Crippen LogP contribution in [0.15, 0.2) is 59.1 Å². The van der Waals surface area contributed by atoms with Gasteiger partial charge < -0.3 is 4.90 Å². The molecule has 4 saturated carbocycles. The van der Waals surface area contributed by atoms with Crippen molar-refractivity contribution in [1.29, 1.82) is 10.5 Å². The van der Waals surface area contributed by atoms with E-state index in [-0.39, 0.29) is 11.2 Å². The second kappa shape index (κ2) is 7.80. The van der Waals surface area contributed by atoms with Crippen LogP contribution in [0, 0.1) is 51.2 Å². The Balaban J connectivity index is 1.45. The lowest BCUT2D eigenvalue weighted by Crippen LogP contribution is -2.56. The van der Waals surface area contributed by atoms with E-state index in [4.69, 9.17) is 0 Å². The lowest BCUT2D eigenvalue weighted by molar-refractivity contribution is -0.145. The quantitative estimate of drug-likeness (QED) is 0.440. The molecule has 2 aromatic carbocycles. The van der Waals surface area contributed by atoms with E-state index in [0.717, 1.165) is 40.5 Å². The third-order valence-corrected chi connectivity index (χ3v) is 10.4. The van der Waals surface area contributed by atoms with Crippen LogP contribution in [0.1, 0.15) is 55.6 Å². The monoisotopic (exact) mass is 537 g/mol. The average Bonchev–Trinajstić information content (AvgIpc) is 3.18. The molecule has 1 saturated heterocycles. The van der Waals surface area contributed by atoms with Crippen LogP contribution in [0.2, 0.25) is 0 Å². The minimum absolute atomic E-state index is 0.272. The number of fused-ring (bicyclic) bond motifs is 3. The summed E-state index contributed by atoms with van der Waals surface area (Å²) in [4.78, 5) is 17.2. The number of ketones is 1. The number of Topliss-reactive ketones (excluding diaryl/α,β-unsaturated/α-hetero) is 1. The maximum atomic E-state index is 15.1. The van der Waals surface area contributed by atoms with Gasteiger partial charge in [-0.05, 0) is 85.6 Å². The molecule has 2 heterocycles. The van der Waals surface area contributed by atoms with Crippen LogP contribution in [0.4, 0.5) is 5.69 Å². The van der Waals surface area contributed by atoms with Gasteiger partial charge in [0, 0.05) is 21.5 Å². The summed E-state index contributed by atoms with van der Waals surface area (Å²) in [5, 5.41) is 21.4.